The van der Waals surface area contributed by atoms with Gasteiger partial charge in [-0.2, -0.15) is 0 Å². The zero-order chi connectivity index (χ0) is 17.8. The molecule has 2 N–H and O–H groups in total. The van der Waals surface area contributed by atoms with Gasteiger partial charge in [0.05, 0.1) is 25.5 Å². The van der Waals surface area contributed by atoms with Crippen molar-refractivity contribution in [1.29, 1.82) is 0 Å². The van der Waals surface area contributed by atoms with E-state index in [0.29, 0.717) is 11.8 Å². The average Bonchev–Trinajstić information content (AvgIpc) is 3.01. The summed E-state index contributed by atoms with van der Waals surface area (Å²) in [6, 6.07) is 5.61. The Kier molecular flexibility index (Phi) is 5.60. The van der Waals surface area contributed by atoms with E-state index in [2.05, 4.69) is 4.90 Å². The van der Waals surface area contributed by atoms with E-state index in [1.165, 1.54) is 12.8 Å². The quantitative estimate of drug-likeness (QED) is 0.868. The van der Waals surface area contributed by atoms with Gasteiger partial charge in [0, 0.05) is 13.1 Å². The van der Waals surface area contributed by atoms with E-state index in [-0.39, 0.29) is 0 Å². The largest absolute Gasteiger partial charge is 0.497 e. The van der Waals surface area contributed by atoms with Crippen molar-refractivity contribution in [3.8, 4) is 23.0 Å². The molecule has 1 atom stereocenters. The first-order valence-electron chi connectivity index (χ1n) is 8.75. The summed E-state index contributed by atoms with van der Waals surface area (Å²) in [4.78, 5) is 7.15. The summed E-state index contributed by atoms with van der Waals surface area (Å²) in [5.41, 5.74) is 7.61. The minimum atomic E-state index is 0.565. The molecule has 3 rings (SSSR count). The van der Waals surface area contributed by atoms with Crippen LogP contribution in [0.1, 0.15) is 24.3 Å². The number of nitrogens with zero attached hydrogens (tertiary/aromatic N) is 2. The van der Waals surface area contributed by atoms with Crippen molar-refractivity contribution >= 4 is 0 Å². The number of benzene rings is 1. The molecule has 136 valence electrons. The molecule has 0 spiro atoms. The van der Waals surface area contributed by atoms with Crippen LogP contribution in [0.4, 0.5) is 0 Å². The molecule has 0 saturated carbocycles. The SMILES string of the molecule is COc1ccc(OC)c(-c2nc(CN3CCC[C@H](CN)C3)c(C)o2)c1. The van der Waals surface area contributed by atoms with E-state index in [1.54, 1.807) is 14.2 Å². The summed E-state index contributed by atoms with van der Waals surface area (Å²) in [6.45, 7) is 5.61. The molecule has 1 aromatic heterocycles. The van der Waals surface area contributed by atoms with Crippen LogP contribution in [0.5, 0.6) is 11.5 Å². The van der Waals surface area contributed by atoms with Gasteiger partial charge in [0.25, 0.3) is 0 Å². The van der Waals surface area contributed by atoms with Crippen molar-refractivity contribution in [3.63, 3.8) is 0 Å². The lowest BCUT2D eigenvalue weighted by atomic mass is 9.98. The van der Waals surface area contributed by atoms with Gasteiger partial charge in [-0.05, 0) is 57.0 Å². The van der Waals surface area contributed by atoms with Gasteiger partial charge in [-0.1, -0.05) is 0 Å². The van der Waals surface area contributed by atoms with Crippen molar-refractivity contribution in [3.05, 3.63) is 29.7 Å². The number of rotatable bonds is 6. The van der Waals surface area contributed by atoms with E-state index < -0.39 is 0 Å². The van der Waals surface area contributed by atoms with Gasteiger partial charge in [-0.3, -0.25) is 4.90 Å². The van der Waals surface area contributed by atoms with Gasteiger partial charge in [0.15, 0.2) is 0 Å². The zero-order valence-electron chi connectivity index (χ0n) is 15.2. The molecule has 0 radical (unpaired) electrons. The lowest BCUT2D eigenvalue weighted by Gasteiger charge is -2.31. The molecular formula is C19H27N3O3. The van der Waals surface area contributed by atoms with Crippen LogP contribution in [-0.4, -0.2) is 43.7 Å². The van der Waals surface area contributed by atoms with Crippen LogP contribution in [0.2, 0.25) is 0 Å². The molecule has 0 aliphatic carbocycles. The van der Waals surface area contributed by atoms with Gasteiger partial charge < -0.3 is 19.6 Å². The van der Waals surface area contributed by atoms with Crippen LogP contribution in [0, 0.1) is 12.8 Å². The maximum Gasteiger partial charge on any atom is 0.230 e. The summed E-state index contributed by atoms with van der Waals surface area (Å²) in [6.07, 6.45) is 2.41. The molecule has 1 saturated heterocycles. The molecular weight excluding hydrogens is 318 g/mol. The number of likely N-dealkylation sites (tertiary alicyclic amines) is 1. The van der Waals surface area contributed by atoms with Crippen molar-refractivity contribution in [2.75, 3.05) is 33.9 Å². The van der Waals surface area contributed by atoms with E-state index in [4.69, 9.17) is 24.6 Å². The second-order valence-corrected chi connectivity index (χ2v) is 6.57. The molecule has 1 aromatic carbocycles. The number of ether oxygens (including phenoxy) is 2. The Balaban J connectivity index is 1.83. The van der Waals surface area contributed by atoms with Gasteiger partial charge in [0.2, 0.25) is 5.89 Å². The molecule has 0 amide bonds. The monoisotopic (exact) mass is 345 g/mol. The number of hydrogen-bond donors (Lipinski definition) is 1. The first-order chi connectivity index (χ1) is 12.1. The second-order valence-electron chi connectivity index (χ2n) is 6.57. The van der Waals surface area contributed by atoms with Crippen LogP contribution in [0.15, 0.2) is 22.6 Å². The summed E-state index contributed by atoms with van der Waals surface area (Å²) in [7, 11) is 3.28. The summed E-state index contributed by atoms with van der Waals surface area (Å²) >= 11 is 0. The molecule has 6 heteroatoms. The third-order valence-corrected chi connectivity index (χ3v) is 4.84. The van der Waals surface area contributed by atoms with Crippen molar-refractivity contribution in [2.45, 2.75) is 26.3 Å². The Morgan fingerprint density at radius 2 is 2.16 bits per heavy atom. The first-order valence-corrected chi connectivity index (χ1v) is 8.75. The van der Waals surface area contributed by atoms with Gasteiger partial charge in [0.1, 0.15) is 17.3 Å². The number of piperidine rings is 1. The van der Waals surface area contributed by atoms with Gasteiger partial charge in [-0.25, -0.2) is 4.98 Å². The first kappa shape index (κ1) is 17.8. The molecule has 6 nitrogen and oxygen atoms in total. The highest BCUT2D eigenvalue weighted by molar-refractivity contribution is 5.65. The Hall–Kier alpha value is -2.05. The molecule has 2 heterocycles. The Morgan fingerprint density at radius 3 is 2.88 bits per heavy atom. The fraction of sp³-hybridized carbons (Fsp3) is 0.526. The van der Waals surface area contributed by atoms with Crippen LogP contribution in [0.25, 0.3) is 11.5 Å². The fourth-order valence-corrected chi connectivity index (χ4v) is 3.37. The lowest BCUT2D eigenvalue weighted by Crippen LogP contribution is -2.38. The molecule has 1 aliphatic heterocycles. The molecule has 2 aromatic rings. The highest BCUT2D eigenvalue weighted by Crippen LogP contribution is 2.34. The van der Waals surface area contributed by atoms with E-state index >= 15 is 0 Å². The number of hydrogen-bond acceptors (Lipinski definition) is 6. The Morgan fingerprint density at radius 1 is 1.32 bits per heavy atom. The van der Waals surface area contributed by atoms with Gasteiger partial charge in [-0.15, -0.1) is 0 Å². The molecule has 0 bridgehead atoms. The number of nitrogens with two attached hydrogens (primary N) is 1. The standard InChI is InChI=1S/C19H27N3O3/c1-13-17(12-22-8-4-5-14(10-20)11-22)21-19(25-13)16-9-15(23-2)6-7-18(16)24-3/h6-7,9,14H,4-5,8,10-12,20H2,1-3H3/t14-/m1/s1. The van der Waals surface area contributed by atoms with Crippen LogP contribution in [-0.2, 0) is 6.54 Å². The van der Waals surface area contributed by atoms with Crippen LogP contribution >= 0.6 is 0 Å². The third kappa shape index (κ3) is 3.96. The zero-order valence-corrected chi connectivity index (χ0v) is 15.2. The second kappa shape index (κ2) is 7.89. The van der Waals surface area contributed by atoms with Crippen molar-refractivity contribution in [2.24, 2.45) is 11.7 Å². The number of aromatic nitrogens is 1. The molecule has 25 heavy (non-hydrogen) atoms. The minimum absolute atomic E-state index is 0.565. The summed E-state index contributed by atoms with van der Waals surface area (Å²) in [5.74, 6) is 3.45. The molecule has 1 aliphatic rings. The number of methoxy groups -OCH3 is 2. The Labute approximate surface area is 148 Å². The van der Waals surface area contributed by atoms with Crippen molar-refractivity contribution in [1.82, 2.24) is 9.88 Å². The predicted octanol–water partition coefficient (Wildman–Crippen LogP) is 2.84. The predicted molar refractivity (Wildman–Crippen MR) is 96.8 cm³/mol. The van der Waals surface area contributed by atoms with E-state index in [0.717, 1.165) is 54.7 Å². The summed E-state index contributed by atoms with van der Waals surface area (Å²) < 4.78 is 16.7. The maximum absolute atomic E-state index is 5.94. The van der Waals surface area contributed by atoms with Crippen LogP contribution < -0.4 is 15.2 Å². The van der Waals surface area contributed by atoms with Crippen molar-refractivity contribution < 1.29 is 13.9 Å². The lowest BCUT2D eigenvalue weighted by molar-refractivity contribution is 0.169. The highest BCUT2D eigenvalue weighted by atomic mass is 16.5. The molecule has 1 fully saturated rings. The van der Waals surface area contributed by atoms with Crippen LogP contribution in [0.3, 0.4) is 0 Å². The molecule has 0 unspecified atom stereocenters. The van der Waals surface area contributed by atoms with Gasteiger partial charge >= 0.3 is 0 Å². The third-order valence-electron chi connectivity index (χ3n) is 4.84. The fourth-order valence-electron chi connectivity index (χ4n) is 3.37. The number of aryl methyl sites for hydroxylation is 1. The smallest absolute Gasteiger partial charge is 0.230 e. The number of oxazole rings is 1. The Bertz CT molecular complexity index is 714. The van der Waals surface area contributed by atoms with E-state index in [9.17, 15) is 0 Å². The highest BCUT2D eigenvalue weighted by Gasteiger charge is 2.22. The summed E-state index contributed by atoms with van der Waals surface area (Å²) in [5, 5.41) is 0. The maximum atomic E-state index is 5.94. The average molecular weight is 345 g/mol. The van der Waals surface area contributed by atoms with E-state index in [1.807, 2.05) is 25.1 Å². The normalized spacial score (nSPS) is 18.3. The minimum Gasteiger partial charge on any atom is -0.497 e. The topological polar surface area (TPSA) is 73.8 Å².